The van der Waals surface area contributed by atoms with Gasteiger partial charge in [-0.2, -0.15) is 0 Å². The maximum Gasteiger partial charge on any atom is 0.250 e. The van der Waals surface area contributed by atoms with Gasteiger partial charge in [0.2, 0.25) is 15.9 Å². The number of piperidine rings is 1. The van der Waals surface area contributed by atoms with Gasteiger partial charge in [-0.15, -0.1) is 0 Å². The van der Waals surface area contributed by atoms with E-state index in [1.54, 1.807) is 4.31 Å². The number of primary amides is 2. The minimum Gasteiger partial charge on any atom is -0.368 e. The van der Waals surface area contributed by atoms with Crippen LogP contribution in [0.5, 0.6) is 0 Å². The van der Waals surface area contributed by atoms with Crippen LogP contribution in [0.1, 0.15) is 53.9 Å². The molecule has 0 spiro atoms. The van der Waals surface area contributed by atoms with Crippen molar-refractivity contribution in [2.75, 3.05) is 31.9 Å². The molecule has 10 heteroatoms. The van der Waals surface area contributed by atoms with Crippen molar-refractivity contribution in [2.24, 2.45) is 11.5 Å². The van der Waals surface area contributed by atoms with E-state index in [-0.39, 0.29) is 23.6 Å². The maximum atomic E-state index is 13.1. The van der Waals surface area contributed by atoms with Crippen LogP contribution in [0.15, 0.2) is 48.7 Å². The molecule has 0 radical (unpaired) electrons. The Kier molecular flexibility index (Phi) is 7.56. The third-order valence-electron chi connectivity index (χ3n) is 8.02. The van der Waals surface area contributed by atoms with Crippen molar-refractivity contribution < 1.29 is 18.0 Å². The molecule has 0 unspecified atom stereocenters. The molecule has 1 atom stereocenters. The first-order valence-electron chi connectivity index (χ1n) is 13.3. The zero-order chi connectivity index (χ0) is 26.9. The quantitative estimate of drug-likeness (QED) is 0.385. The molecule has 0 aliphatic carbocycles. The second-order valence-corrected chi connectivity index (χ2v) is 12.4. The molecule has 9 nitrogen and oxygen atoms in total. The van der Waals surface area contributed by atoms with Crippen LogP contribution in [-0.4, -0.2) is 72.4 Å². The van der Waals surface area contributed by atoms with Crippen LogP contribution in [0.3, 0.4) is 0 Å². The topological polar surface area (TPSA) is 143 Å². The predicted molar refractivity (Wildman–Crippen MR) is 148 cm³/mol. The fraction of sp³-hybridized carbons (Fsp3) is 0.429. The minimum absolute atomic E-state index is 0.0646. The van der Waals surface area contributed by atoms with Gasteiger partial charge in [0, 0.05) is 24.7 Å². The first-order valence-corrected chi connectivity index (χ1v) is 14.9. The summed E-state index contributed by atoms with van der Waals surface area (Å²) in [4.78, 5) is 29.1. The first-order chi connectivity index (χ1) is 18.2. The molecule has 202 valence electrons. The Morgan fingerprint density at radius 3 is 2.39 bits per heavy atom. The van der Waals surface area contributed by atoms with Crippen molar-refractivity contribution in [3.63, 3.8) is 0 Å². The second-order valence-electron chi connectivity index (χ2n) is 10.4. The van der Waals surface area contributed by atoms with Crippen molar-refractivity contribution in [3.05, 3.63) is 59.8 Å². The summed E-state index contributed by atoms with van der Waals surface area (Å²) in [6.45, 7) is 2.25. The van der Waals surface area contributed by atoms with Crippen molar-refractivity contribution in [2.45, 2.75) is 44.1 Å². The average molecular weight is 538 g/mol. The van der Waals surface area contributed by atoms with E-state index in [0.29, 0.717) is 44.5 Å². The Morgan fingerprint density at radius 1 is 0.974 bits per heavy atom. The molecule has 3 aromatic rings. The summed E-state index contributed by atoms with van der Waals surface area (Å²) in [6.07, 6.45) is 5.47. The molecule has 0 bridgehead atoms. The van der Waals surface area contributed by atoms with E-state index in [4.69, 9.17) is 11.5 Å². The summed E-state index contributed by atoms with van der Waals surface area (Å²) in [5.41, 5.74) is 15.4. The van der Waals surface area contributed by atoms with Gasteiger partial charge in [-0.1, -0.05) is 30.3 Å². The number of nitrogens with zero attached hydrogens (tertiary/aromatic N) is 2. The lowest BCUT2D eigenvalue weighted by Gasteiger charge is -2.31. The summed E-state index contributed by atoms with van der Waals surface area (Å²) in [6, 6.07) is 13.5. The SMILES string of the molecule is NC(=O)c1cc(-c2ccccc2)cc2c(C3CCN(S(=O)(=O)CCCN4CCC[C@@H]4C(N)=O)CC3)c[nH]c12. The molecule has 5 rings (SSSR count). The monoisotopic (exact) mass is 537 g/mol. The van der Waals surface area contributed by atoms with Crippen molar-refractivity contribution in [1.82, 2.24) is 14.2 Å². The average Bonchev–Trinajstić information content (AvgIpc) is 3.56. The molecular formula is C28H35N5O4S. The fourth-order valence-electron chi connectivity index (χ4n) is 6.02. The Hall–Kier alpha value is -3.21. The van der Waals surface area contributed by atoms with Gasteiger partial charge < -0.3 is 16.5 Å². The summed E-state index contributed by atoms with van der Waals surface area (Å²) in [5.74, 6) is -0.584. The number of amides is 2. The Morgan fingerprint density at radius 2 is 1.71 bits per heavy atom. The number of fused-ring (bicyclic) bond motifs is 1. The minimum atomic E-state index is -3.39. The number of hydrogen-bond donors (Lipinski definition) is 3. The lowest BCUT2D eigenvalue weighted by Crippen LogP contribution is -2.42. The lowest BCUT2D eigenvalue weighted by atomic mass is 9.88. The van der Waals surface area contributed by atoms with E-state index in [1.165, 1.54) is 0 Å². The Labute approximate surface area is 223 Å². The van der Waals surface area contributed by atoms with Gasteiger partial charge in [0.15, 0.2) is 0 Å². The number of nitrogens with two attached hydrogens (primary N) is 2. The third-order valence-corrected chi connectivity index (χ3v) is 9.98. The molecule has 2 aliphatic rings. The van der Waals surface area contributed by atoms with Gasteiger partial charge in [-0.25, -0.2) is 12.7 Å². The van der Waals surface area contributed by atoms with Crippen LogP contribution < -0.4 is 11.5 Å². The Bertz CT molecular complexity index is 1430. The van der Waals surface area contributed by atoms with Crippen LogP contribution in [-0.2, 0) is 14.8 Å². The largest absolute Gasteiger partial charge is 0.368 e. The van der Waals surface area contributed by atoms with Gasteiger partial charge in [0.25, 0.3) is 5.91 Å². The van der Waals surface area contributed by atoms with E-state index in [9.17, 15) is 18.0 Å². The highest BCUT2D eigenvalue weighted by Crippen LogP contribution is 2.37. The highest BCUT2D eigenvalue weighted by atomic mass is 32.2. The zero-order valence-corrected chi connectivity index (χ0v) is 22.3. The molecule has 2 aromatic carbocycles. The molecule has 0 saturated carbocycles. The van der Waals surface area contributed by atoms with Crippen LogP contribution in [0, 0.1) is 0 Å². The number of carbonyl (C=O) groups is 2. The number of H-pyrrole nitrogens is 1. The molecule has 3 heterocycles. The van der Waals surface area contributed by atoms with E-state index in [1.807, 2.05) is 47.5 Å². The standard InChI is InChI=1S/C28H35N5O4S/c29-27(34)23-17-21(19-6-2-1-3-7-19)16-22-24(18-31-26(22)23)20-9-13-33(14-10-20)38(36,37)15-5-12-32-11-4-8-25(32)28(30)35/h1-3,6-7,16-18,20,25,31H,4-5,8-15H2,(H2,29,34)(H2,30,35)/t25-/m1/s1. The first kappa shape index (κ1) is 26.4. The van der Waals surface area contributed by atoms with E-state index in [0.717, 1.165) is 47.0 Å². The number of rotatable bonds is 9. The van der Waals surface area contributed by atoms with Gasteiger partial charge in [0.05, 0.1) is 22.9 Å². The van der Waals surface area contributed by atoms with Crippen LogP contribution in [0.25, 0.3) is 22.0 Å². The number of likely N-dealkylation sites (tertiary alicyclic amines) is 1. The predicted octanol–water partition coefficient (Wildman–Crippen LogP) is 2.78. The van der Waals surface area contributed by atoms with Crippen molar-refractivity contribution in [1.29, 1.82) is 0 Å². The second kappa shape index (κ2) is 10.9. The molecular weight excluding hydrogens is 502 g/mol. The maximum absolute atomic E-state index is 13.1. The van der Waals surface area contributed by atoms with Crippen molar-refractivity contribution >= 4 is 32.7 Å². The fourth-order valence-corrected chi connectivity index (χ4v) is 7.54. The summed E-state index contributed by atoms with van der Waals surface area (Å²) >= 11 is 0. The normalized spacial score (nSPS) is 19.7. The molecule has 2 fully saturated rings. The molecule has 2 saturated heterocycles. The van der Waals surface area contributed by atoms with E-state index in [2.05, 4.69) is 11.1 Å². The number of aromatic nitrogens is 1. The Balaban J connectivity index is 1.27. The highest BCUT2D eigenvalue weighted by molar-refractivity contribution is 7.89. The molecule has 2 aliphatic heterocycles. The van der Waals surface area contributed by atoms with E-state index >= 15 is 0 Å². The summed E-state index contributed by atoms with van der Waals surface area (Å²) < 4.78 is 27.7. The number of nitrogens with one attached hydrogen (secondary N) is 1. The number of sulfonamides is 1. The molecule has 2 amide bonds. The third kappa shape index (κ3) is 5.34. The number of aromatic amines is 1. The molecule has 1 aromatic heterocycles. The zero-order valence-electron chi connectivity index (χ0n) is 21.4. The smallest absolute Gasteiger partial charge is 0.250 e. The van der Waals surface area contributed by atoms with E-state index < -0.39 is 15.9 Å². The van der Waals surface area contributed by atoms with Crippen LogP contribution in [0.2, 0.25) is 0 Å². The van der Waals surface area contributed by atoms with Gasteiger partial charge in [-0.05, 0) is 79.9 Å². The van der Waals surface area contributed by atoms with Gasteiger partial charge >= 0.3 is 0 Å². The summed E-state index contributed by atoms with van der Waals surface area (Å²) in [5, 5.41) is 0.955. The van der Waals surface area contributed by atoms with Crippen LogP contribution in [0.4, 0.5) is 0 Å². The lowest BCUT2D eigenvalue weighted by molar-refractivity contribution is -0.122. The molecule has 38 heavy (non-hydrogen) atoms. The summed E-state index contributed by atoms with van der Waals surface area (Å²) in [7, 11) is -3.39. The van der Waals surface area contributed by atoms with Gasteiger partial charge in [0.1, 0.15) is 0 Å². The highest BCUT2D eigenvalue weighted by Gasteiger charge is 2.32. The number of benzene rings is 2. The van der Waals surface area contributed by atoms with Gasteiger partial charge in [-0.3, -0.25) is 14.5 Å². The van der Waals surface area contributed by atoms with Crippen molar-refractivity contribution in [3.8, 4) is 11.1 Å². The van der Waals surface area contributed by atoms with Crippen LogP contribution >= 0.6 is 0 Å². The number of carbonyl (C=O) groups excluding carboxylic acids is 2. The number of hydrogen-bond acceptors (Lipinski definition) is 5. The molecule has 5 N–H and O–H groups in total.